The molecule has 0 fully saturated rings. The van der Waals surface area contributed by atoms with Crippen molar-refractivity contribution in [3.05, 3.63) is 23.5 Å². The molecule has 6 nitrogen and oxygen atoms in total. The second-order valence-corrected chi connectivity index (χ2v) is 5.30. The van der Waals surface area contributed by atoms with Crippen molar-refractivity contribution >= 4 is 17.0 Å². The Morgan fingerprint density at radius 3 is 2.68 bits per heavy atom. The minimum atomic E-state index is -0.660. The predicted octanol–water partition coefficient (Wildman–Crippen LogP) is 2.87. The Morgan fingerprint density at radius 2 is 2.14 bits per heavy atom. The molecule has 1 atom stereocenters. The molecule has 1 heterocycles. The number of hydrogen-bond donors (Lipinski definition) is 1. The zero-order chi connectivity index (χ0) is 16.3. The molecule has 0 amide bonds. The van der Waals surface area contributed by atoms with Crippen LogP contribution in [0.1, 0.15) is 43.5 Å². The van der Waals surface area contributed by atoms with Crippen LogP contribution in [0.4, 0.5) is 0 Å². The van der Waals surface area contributed by atoms with Gasteiger partial charge in [-0.15, -0.1) is 0 Å². The van der Waals surface area contributed by atoms with E-state index >= 15 is 0 Å². The molecule has 0 aliphatic carbocycles. The van der Waals surface area contributed by atoms with Crippen LogP contribution in [-0.4, -0.2) is 30.2 Å². The summed E-state index contributed by atoms with van der Waals surface area (Å²) in [5.41, 5.74) is 2.05. The van der Waals surface area contributed by atoms with Crippen LogP contribution in [0.15, 0.2) is 12.1 Å². The van der Waals surface area contributed by atoms with Gasteiger partial charge in [0.15, 0.2) is 0 Å². The smallest absolute Gasteiger partial charge is 0.314 e. The molecule has 2 rings (SSSR count). The van der Waals surface area contributed by atoms with Gasteiger partial charge in [0.2, 0.25) is 0 Å². The van der Waals surface area contributed by atoms with E-state index in [0.29, 0.717) is 16.8 Å². The van der Waals surface area contributed by atoms with E-state index in [1.807, 2.05) is 19.9 Å². The maximum atomic E-state index is 12.0. The maximum absolute atomic E-state index is 12.0. The quantitative estimate of drug-likeness (QED) is 0.858. The molecule has 1 unspecified atom stereocenters. The van der Waals surface area contributed by atoms with Crippen LogP contribution in [-0.2, 0) is 9.53 Å². The minimum absolute atomic E-state index is 0.0397. The number of imidazole rings is 1. The number of ether oxygens (including phenoxy) is 2. The Morgan fingerprint density at radius 1 is 1.41 bits per heavy atom. The lowest BCUT2D eigenvalue weighted by molar-refractivity contribution is -0.142. The number of carbonyl (C=O) groups excluding carboxylic acids is 1. The number of nitrogens with zero attached hydrogens (tertiary/aromatic N) is 2. The number of H-pyrrole nitrogens is 1. The number of nitriles is 1. The van der Waals surface area contributed by atoms with Crippen molar-refractivity contribution in [1.29, 1.82) is 5.26 Å². The molecule has 2 aromatic rings. The molecule has 0 saturated heterocycles. The number of carbonyl (C=O) groups is 1. The first kappa shape index (κ1) is 15.8. The Hall–Kier alpha value is -2.55. The fourth-order valence-corrected chi connectivity index (χ4v) is 2.39. The number of rotatable bonds is 5. The first-order valence-electron chi connectivity index (χ1n) is 7.04. The van der Waals surface area contributed by atoms with Gasteiger partial charge in [0.25, 0.3) is 0 Å². The molecule has 116 valence electrons. The van der Waals surface area contributed by atoms with Crippen LogP contribution in [0, 0.1) is 11.3 Å². The van der Waals surface area contributed by atoms with Gasteiger partial charge in [0.05, 0.1) is 38.1 Å². The topological polar surface area (TPSA) is 88.0 Å². The molecule has 6 heteroatoms. The average Bonchev–Trinajstić information content (AvgIpc) is 2.96. The third kappa shape index (κ3) is 2.75. The zero-order valence-corrected chi connectivity index (χ0v) is 13.1. The Balaban J connectivity index is 2.67. The number of esters is 1. The summed E-state index contributed by atoms with van der Waals surface area (Å²) < 4.78 is 10.2. The number of methoxy groups -OCH3 is 2. The lowest BCUT2D eigenvalue weighted by Crippen LogP contribution is -2.14. The Labute approximate surface area is 129 Å². The minimum Gasteiger partial charge on any atom is -0.494 e. The fraction of sp³-hybridized carbons (Fsp3) is 0.438. The highest BCUT2D eigenvalue weighted by atomic mass is 16.5. The summed E-state index contributed by atoms with van der Waals surface area (Å²) in [6.07, 6.45) is 0.0397. The standard InChI is InChI=1S/C16H19N3O3/c1-9(2)15-18-13-10(11(7-8-17)16(20)22-4)5-6-12(21-3)14(13)19-15/h5-6,9,11H,7H2,1-4H3,(H,18,19). The van der Waals surface area contributed by atoms with Crippen LogP contribution >= 0.6 is 0 Å². The zero-order valence-electron chi connectivity index (χ0n) is 13.1. The lowest BCUT2D eigenvalue weighted by atomic mass is 9.95. The third-order valence-electron chi connectivity index (χ3n) is 3.58. The van der Waals surface area contributed by atoms with Gasteiger partial charge in [-0.05, 0) is 11.6 Å². The van der Waals surface area contributed by atoms with Crippen LogP contribution in [0.2, 0.25) is 0 Å². The molecule has 0 saturated carbocycles. The van der Waals surface area contributed by atoms with E-state index in [4.69, 9.17) is 14.7 Å². The molecule has 0 radical (unpaired) electrons. The SMILES string of the molecule is COC(=O)C(CC#N)c1ccc(OC)c2[nH]c(C(C)C)nc12. The normalized spacial score (nSPS) is 12.2. The number of fused-ring (bicyclic) bond motifs is 1. The van der Waals surface area contributed by atoms with E-state index in [2.05, 4.69) is 9.97 Å². The predicted molar refractivity (Wildman–Crippen MR) is 81.7 cm³/mol. The largest absolute Gasteiger partial charge is 0.494 e. The van der Waals surface area contributed by atoms with Crippen molar-refractivity contribution in [2.24, 2.45) is 0 Å². The fourth-order valence-electron chi connectivity index (χ4n) is 2.39. The number of hydrogen-bond acceptors (Lipinski definition) is 5. The van der Waals surface area contributed by atoms with Crippen molar-refractivity contribution in [2.45, 2.75) is 32.1 Å². The van der Waals surface area contributed by atoms with E-state index < -0.39 is 11.9 Å². The Bertz CT molecular complexity index is 728. The summed E-state index contributed by atoms with van der Waals surface area (Å²) in [5.74, 6) is 0.561. The molecule has 1 aromatic carbocycles. The number of aromatic nitrogens is 2. The van der Waals surface area contributed by atoms with Crippen LogP contribution in [0.3, 0.4) is 0 Å². The molecule has 1 N–H and O–H groups in total. The molecule has 1 aromatic heterocycles. The van der Waals surface area contributed by atoms with Crippen LogP contribution < -0.4 is 4.74 Å². The molecule has 0 bridgehead atoms. The van der Waals surface area contributed by atoms with E-state index in [0.717, 1.165) is 11.3 Å². The van der Waals surface area contributed by atoms with E-state index in [1.54, 1.807) is 19.2 Å². The van der Waals surface area contributed by atoms with E-state index in [-0.39, 0.29) is 12.3 Å². The van der Waals surface area contributed by atoms with Crippen molar-refractivity contribution in [3.63, 3.8) is 0 Å². The highest BCUT2D eigenvalue weighted by Gasteiger charge is 2.26. The van der Waals surface area contributed by atoms with Gasteiger partial charge in [0.1, 0.15) is 17.1 Å². The second-order valence-electron chi connectivity index (χ2n) is 5.30. The number of aromatic amines is 1. The summed E-state index contributed by atoms with van der Waals surface area (Å²) in [6, 6.07) is 5.57. The molecule has 0 aliphatic rings. The lowest BCUT2D eigenvalue weighted by Gasteiger charge is -2.13. The van der Waals surface area contributed by atoms with E-state index in [1.165, 1.54) is 7.11 Å². The van der Waals surface area contributed by atoms with Crippen LogP contribution in [0.5, 0.6) is 5.75 Å². The molecule has 0 spiro atoms. The van der Waals surface area contributed by atoms with Crippen molar-refractivity contribution in [3.8, 4) is 11.8 Å². The summed E-state index contributed by atoms with van der Waals surface area (Å²) in [6.45, 7) is 4.05. The molecule has 22 heavy (non-hydrogen) atoms. The van der Waals surface area contributed by atoms with Crippen molar-refractivity contribution in [2.75, 3.05) is 14.2 Å². The summed E-state index contributed by atoms with van der Waals surface area (Å²) >= 11 is 0. The van der Waals surface area contributed by atoms with E-state index in [9.17, 15) is 4.79 Å². The second kappa shape index (κ2) is 6.48. The van der Waals surface area contributed by atoms with Gasteiger partial charge in [-0.2, -0.15) is 5.26 Å². The van der Waals surface area contributed by atoms with Gasteiger partial charge >= 0.3 is 5.97 Å². The molecular weight excluding hydrogens is 282 g/mol. The number of benzene rings is 1. The van der Waals surface area contributed by atoms with Gasteiger partial charge in [-0.1, -0.05) is 19.9 Å². The summed E-state index contributed by atoms with van der Waals surface area (Å²) in [7, 11) is 2.90. The van der Waals surface area contributed by atoms with Crippen molar-refractivity contribution < 1.29 is 14.3 Å². The monoisotopic (exact) mass is 301 g/mol. The average molecular weight is 301 g/mol. The highest BCUT2D eigenvalue weighted by molar-refractivity contribution is 5.90. The highest BCUT2D eigenvalue weighted by Crippen LogP contribution is 2.33. The van der Waals surface area contributed by atoms with Gasteiger partial charge in [-0.25, -0.2) is 4.98 Å². The summed E-state index contributed by atoms with van der Waals surface area (Å²) in [4.78, 5) is 19.8. The summed E-state index contributed by atoms with van der Waals surface area (Å²) in [5, 5.41) is 9.00. The first-order chi connectivity index (χ1) is 10.5. The molecule has 0 aliphatic heterocycles. The van der Waals surface area contributed by atoms with Crippen LogP contribution in [0.25, 0.3) is 11.0 Å². The third-order valence-corrected chi connectivity index (χ3v) is 3.58. The van der Waals surface area contributed by atoms with Gasteiger partial charge < -0.3 is 14.5 Å². The molecular formula is C16H19N3O3. The Kier molecular flexibility index (Phi) is 4.66. The first-order valence-corrected chi connectivity index (χ1v) is 7.04. The number of nitrogens with one attached hydrogen (secondary N) is 1. The van der Waals surface area contributed by atoms with Crippen molar-refractivity contribution in [1.82, 2.24) is 9.97 Å². The maximum Gasteiger partial charge on any atom is 0.314 e. The van der Waals surface area contributed by atoms with Gasteiger partial charge in [-0.3, -0.25) is 4.79 Å². The van der Waals surface area contributed by atoms with Gasteiger partial charge in [0, 0.05) is 5.92 Å².